The van der Waals surface area contributed by atoms with Crippen molar-refractivity contribution < 1.29 is 9.53 Å². The minimum Gasteiger partial charge on any atom is -0.465 e. The summed E-state index contributed by atoms with van der Waals surface area (Å²) in [6, 6.07) is 0. The number of ether oxygens (including phenoxy) is 1. The van der Waals surface area contributed by atoms with E-state index in [4.69, 9.17) is 4.74 Å². The first-order valence-corrected chi connectivity index (χ1v) is 5.50. The Labute approximate surface area is 85.3 Å². The molecule has 0 heterocycles. The fourth-order valence-corrected chi connectivity index (χ4v) is 2.95. The second-order valence-electron chi connectivity index (χ2n) is 4.60. The Morgan fingerprint density at radius 3 is 2.57 bits per heavy atom. The molecule has 0 amide bonds. The van der Waals surface area contributed by atoms with Crippen LogP contribution in [0, 0.1) is 17.8 Å². The fourth-order valence-electron chi connectivity index (χ4n) is 2.95. The molecule has 0 spiro atoms. The van der Waals surface area contributed by atoms with Crippen LogP contribution in [0.25, 0.3) is 0 Å². The van der Waals surface area contributed by atoms with Gasteiger partial charge in [0, 0.05) is 12.8 Å². The number of hydrogen-bond donors (Lipinski definition) is 0. The molecule has 0 aromatic carbocycles. The van der Waals surface area contributed by atoms with Crippen LogP contribution in [0.1, 0.15) is 32.6 Å². The van der Waals surface area contributed by atoms with Crippen molar-refractivity contribution in [2.24, 2.45) is 17.8 Å². The van der Waals surface area contributed by atoms with Gasteiger partial charge in [0.25, 0.3) is 0 Å². The molecular formula is C12H18O2. The van der Waals surface area contributed by atoms with Gasteiger partial charge in [-0.3, -0.25) is 4.79 Å². The van der Waals surface area contributed by atoms with Gasteiger partial charge in [-0.25, -0.2) is 0 Å². The summed E-state index contributed by atoms with van der Waals surface area (Å²) in [7, 11) is 0. The SMILES string of the molecule is C=C1C2CCC(CC2)C1COC(C)=O. The number of esters is 1. The molecule has 3 aliphatic rings. The van der Waals surface area contributed by atoms with Crippen LogP contribution < -0.4 is 0 Å². The molecule has 0 aromatic rings. The fraction of sp³-hybridized carbons (Fsp3) is 0.750. The van der Waals surface area contributed by atoms with Gasteiger partial charge in [0.15, 0.2) is 0 Å². The number of carbonyl (C=O) groups is 1. The van der Waals surface area contributed by atoms with Crippen molar-refractivity contribution in [2.75, 3.05) is 6.61 Å². The summed E-state index contributed by atoms with van der Waals surface area (Å²) in [4.78, 5) is 10.7. The first-order valence-electron chi connectivity index (χ1n) is 5.50. The van der Waals surface area contributed by atoms with Crippen LogP contribution in [0.3, 0.4) is 0 Å². The summed E-state index contributed by atoms with van der Waals surface area (Å²) >= 11 is 0. The van der Waals surface area contributed by atoms with E-state index >= 15 is 0 Å². The molecular weight excluding hydrogens is 176 g/mol. The van der Waals surface area contributed by atoms with Crippen LogP contribution in [-0.4, -0.2) is 12.6 Å². The van der Waals surface area contributed by atoms with Crippen molar-refractivity contribution in [3.63, 3.8) is 0 Å². The van der Waals surface area contributed by atoms with Crippen molar-refractivity contribution in [2.45, 2.75) is 32.6 Å². The Morgan fingerprint density at radius 1 is 1.43 bits per heavy atom. The van der Waals surface area contributed by atoms with Crippen LogP contribution in [0.2, 0.25) is 0 Å². The van der Waals surface area contributed by atoms with E-state index in [-0.39, 0.29) is 5.97 Å². The third kappa shape index (κ3) is 1.70. The average Bonchev–Trinajstić information content (AvgIpc) is 2.18. The van der Waals surface area contributed by atoms with Crippen LogP contribution in [0.5, 0.6) is 0 Å². The molecule has 2 heteroatoms. The van der Waals surface area contributed by atoms with Gasteiger partial charge in [-0.1, -0.05) is 12.2 Å². The standard InChI is InChI=1S/C12H18O2/c1-8-10-3-5-11(6-4-10)12(8)7-14-9(2)13/h10-12H,1,3-7H2,2H3. The highest BCUT2D eigenvalue weighted by atomic mass is 16.5. The molecule has 0 N–H and O–H groups in total. The summed E-state index contributed by atoms with van der Waals surface area (Å²) in [6.45, 7) is 6.21. The van der Waals surface area contributed by atoms with Gasteiger partial charge in [0.05, 0.1) is 6.61 Å². The highest BCUT2D eigenvalue weighted by molar-refractivity contribution is 5.65. The Balaban J connectivity index is 1.97. The first-order chi connectivity index (χ1) is 6.68. The maximum atomic E-state index is 10.7. The van der Waals surface area contributed by atoms with E-state index in [1.807, 2.05) is 0 Å². The molecule has 3 rings (SSSR count). The van der Waals surface area contributed by atoms with E-state index < -0.39 is 0 Å². The zero-order valence-electron chi connectivity index (χ0n) is 8.79. The average molecular weight is 194 g/mol. The maximum Gasteiger partial charge on any atom is 0.302 e. The van der Waals surface area contributed by atoms with E-state index in [1.54, 1.807) is 0 Å². The van der Waals surface area contributed by atoms with Crippen LogP contribution in [-0.2, 0) is 9.53 Å². The van der Waals surface area contributed by atoms with E-state index in [0.29, 0.717) is 18.4 Å². The van der Waals surface area contributed by atoms with E-state index in [2.05, 4.69) is 6.58 Å². The zero-order chi connectivity index (χ0) is 10.1. The predicted octanol–water partition coefficient (Wildman–Crippen LogP) is 2.54. The lowest BCUT2D eigenvalue weighted by Gasteiger charge is -2.44. The molecule has 2 bridgehead atoms. The van der Waals surface area contributed by atoms with Gasteiger partial charge >= 0.3 is 5.97 Å². The van der Waals surface area contributed by atoms with Crippen LogP contribution in [0.4, 0.5) is 0 Å². The number of rotatable bonds is 2. The third-order valence-corrected chi connectivity index (χ3v) is 3.81. The van der Waals surface area contributed by atoms with Gasteiger partial charge in [-0.2, -0.15) is 0 Å². The summed E-state index contributed by atoms with van der Waals surface area (Å²) < 4.78 is 5.10. The van der Waals surface area contributed by atoms with Gasteiger partial charge in [0.1, 0.15) is 0 Å². The smallest absolute Gasteiger partial charge is 0.302 e. The molecule has 0 aromatic heterocycles. The Hall–Kier alpha value is -0.790. The minimum absolute atomic E-state index is 0.167. The van der Waals surface area contributed by atoms with Crippen LogP contribution >= 0.6 is 0 Å². The van der Waals surface area contributed by atoms with Gasteiger partial charge in [-0.15, -0.1) is 0 Å². The lowest BCUT2D eigenvalue weighted by atomic mass is 9.62. The monoisotopic (exact) mass is 194 g/mol. The van der Waals surface area contributed by atoms with E-state index in [9.17, 15) is 4.79 Å². The van der Waals surface area contributed by atoms with E-state index in [0.717, 1.165) is 5.92 Å². The highest BCUT2D eigenvalue weighted by Crippen LogP contribution is 2.47. The number of fused-ring (bicyclic) bond motifs is 3. The lowest BCUT2D eigenvalue weighted by molar-refractivity contribution is -0.143. The maximum absolute atomic E-state index is 10.7. The zero-order valence-corrected chi connectivity index (χ0v) is 8.79. The van der Waals surface area contributed by atoms with Crippen LogP contribution in [0.15, 0.2) is 12.2 Å². The molecule has 3 saturated carbocycles. The van der Waals surface area contributed by atoms with Crippen molar-refractivity contribution in [1.82, 2.24) is 0 Å². The van der Waals surface area contributed by atoms with Gasteiger partial charge in [-0.05, 0) is 37.5 Å². The Morgan fingerprint density at radius 2 is 2.07 bits per heavy atom. The molecule has 1 unspecified atom stereocenters. The predicted molar refractivity (Wildman–Crippen MR) is 54.7 cm³/mol. The molecule has 1 atom stereocenters. The quantitative estimate of drug-likeness (QED) is 0.499. The van der Waals surface area contributed by atoms with Crippen molar-refractivity contribution in [1.29, 1.82) is 0 Å². The summed E-state index contributed by atoms with van der Waals surface area (Å²) in [5, 5.41) is 0. The Kier molecular flexibility index (Phi) is 2.62. The lowest BCUT2D eigenvalue weighted by Crippen LogP contribution is -2.36. The molecule has 3 fully saturated rings. The first kappa shape index (κ1) is 9.75. The summed E-state index contributed by atoms with van der Waals surface area (Å²) in [5.74, 6) is 1.72. The number of hydrogen-bond acceptors (Lipinski definition) is 2. The molecule has 0 saturated heterocycles. The van der Waals surface area contributed by atoms with Crippen molar-refractivity contribution >= 4 is 5.97 Å². The molecule has 0 radical (unpaired) electrons. The largest absolute Gasteiger partial charge is 0.465 e. The highest BCUT2D eigenvalue weighted by Gasteiger charge is 2.38. The minimum atomic E-state index is -0.167. The second kappa shape index (κ2) is 3.76. The molecule has 14 heavy (non-hydrogen) atoms. The van der Waals surface area contributed by atoms with Crippen molar-refractivity contribution in [3.05, 3.63) is 12.2 Å². The summed E-state index contributed by atoms with van der Waals surface area (Å²) in [5.41, 5.74) is 1.34. The molecule has 3 aliphatic carbocycles. The topological polar surface area (TPSA) is 26.3 Å². The third-order valence-electron chi connectivity index (χ3n) is 3.81. The molecule has 0 aliphatic heterocycles. The number of carbonyl (C=O) groups excluding carboxylic acids is 1. The second-order valence-corrected chi connectivity index (χ2v) is 4.60. The normalized spacial score (nSPS) is 35.8. The van der Waals surface area contributed by atoms with Gasteiger partial charge in [0.2, 0.25) is 0 Å². The summed E-state index contributed by atoms with van der Waals surface area (Å²) in [6.07, 6.45) is 5.21. The Bertz CT molecular complexity index is 249. The van der Waals surface area contributed by atoms with E-state index in [1.165, 1.54) is 38.2 Å². The molecule has 2 nitrogen and oxygen atoms in total. The molecule has 78 valence electrons. The van der Waals surface area contributed by atoms with Gasteiger partial charge < -0.3 is 4.74 Å². The van der Waals surface area contributed by atoms with Crippen molar-refractivity contribution in [3.8, 4) is 0 Å².